The Morgan fingerprint density at radius 1 is 1.00 bits per heavy atom. The van der Waals surface area contributed by atoms with Gasteiger partial charge in [-0.25, -0.2) is 14.5 Å². The zero-order valence-corrected chi connectivity index (χ0v) is 18.6. The first-order valence-corrected chi connectivity index (χ1v) is 10.7. The second-order valence-corrected chi connectivity index (χ2v) is 7.94. The average Bonchev–Trinajstić information content (AvgIpc) is 3.17. The molecule has 3 aromatic rings. The zero-order valence-electron chi connectivity index (χ0n) is 18.6. The number of rotatable bonds is 5. The number of nitrogens with zero attached hydrogens (tertiary/aromatic N) is 5. The number of anilines is 1. The van der Waals surface area contributed by atoms with Crippen LogP contribution >= 0.6 is 0 Å². The molecule has 1 aliphatic heterocycles. The topological polar surface area (TPSA) is 80.6 Å². The number of pyridine rings is 1. The molecule has 0 saturated carbocycles. The van der Waals surface area contributed by atoms with E-state index < -0.39 is 12.1 Å². The van der Waals surface area contributed by atoms with E-state index in [4.69, 9.17) is 4.74 Å². The van der Waals surface area contributed by atoms with Crippen LogP contribution in [0.15, 0.2) is 54.7 Å². The maximum atomic E-state index is 12.8. The summed E-state index contributed by atoms with van der Waals surface area (Å²) in [4.78, 5) is 33.6. The Morgan fingerprint density at radius 3 is 2.31 bits per heavy atom. The highest BCUT2D eigenvalue weighted by Crippen LogP contribution is 2.17. The fourth-order valence-electron chi connectivity index (χ4n) is 3.85. The van der Waals surface area contributed by atoms with E-state index >= 15 is 0 Å². The Morgan fingerprint density at radius 2 is 1.72 bits per heavy atom. The highest BCUT2D eigenvalue weighted by molar-refractivity contribution is 5.92. The lowest BCUT2D eigenvalue weighted by Crippen LogP contribution is -2.51. The minimum absolute atomic E-state index is 0.182. The van der Waals surface area contributed by atoms with Crippen LogP contribution in [-0.4, -0.2) is 63.8 Å². The van der Waals surface area contributed by atoms with Crippen LogP contribution in [0.1, 0.15) is 28.7 Å². The molecule has 1 fully saturated rings. The summed E-state index contributed by atoms with van der Waals surface area (Å²) in [5.74, 6) is -0.132. The summed E-state index contributed by atoms with van der Waals surface area (Å²) < 4.78 is 7.14. The summed E-state index contributed by atoms with van der Waals surface area (Å²) in [5.41, 5.74) is 3.29. The van der Waals surface area contributed by atoms with Crippen LogP contribution in [-0.2, 0) is 9.53 Å². The van der Waals surface area contributed by atoms with Crippen LogP contribution in [0.25, 0.3) is 5.82 Å². The molecule has 1 saturated heterocycles. The molecule has 4 rings (SSSR count). The van der Waals surface area contributed by atoms with E-state index in [9.17, 15) is 9.59 Å². The number of hydrogen-bond acceptors (Lipinski definition) is 6. The summed E-state index contributed by atoms with van der Waals surface area (Å²) in [6.45, 7) is 8.14. The van der Waals surface area contributed by atoms with Crippen LogP contribution in [0.3, 0.4) is 0 Å². The van der Waals surface area contributed by atoms with Crippen LogP contribution in [0, 0.1) is 13.8 Å². The third-order valence-electron chi connectivity index (χ3n) is 5.55. The molecule has 8 nitrogen and oxygen atoms in total. The number of carbonyl (C=O) groups excluding carboxylic acids is 2. The smallest absolute Gasteiger partial charge is 0.340 e. The average molecular weight is 434 g/mol. The van der Waals surface area contributed by atoms with E-state index in [2.05, 4.69) is 27.1 Å². The molecule has 0 aliphatic carbocycles. The normalized spacial score (nSPS) is 14.8. The number of aryl methyl sites for hydroxylation is 2. The molecule has 1 aromatic carbocycles. The molecule has 1 amide bonds. The van der Waals surface area contributed by atoms with Gasteiger partial charge in [-0.1, -0.05) is 18.2 Å². The lowest BCUT2D eigenvalue weighted by molar-refractivity contribution is -0.140. The number of piperazine rings is 1. The molecular weight excluding hydrogens is 406 g/mol. The van der Waals surface area contributed by atoms with Gasteiger partial charge in [0.15, 0.2) is 11.9 Å². The first-order valence-electron chi connectivity index (χ1n) is 10.7. The molecule has 1 aliphatic rings. The Bertz CT molecular complexity index is 1090. The van der Waals surface area contributed by atoms with Crippen molar-refractivity contribution in [1.82, 2.24) is 19.7 Å². The maximum Gasteiger partial charge on any atom is 0.340 e. The fourth-order valence-corrected chi connectivity index (χ4v) is 3.85. The molecule has 8 heteroatoms. The van der Waals surface area contributed by atoms with Crippen LogP contribution in [0.2, 0.25) is 0 Å². The third-order valence-corrected chi connectivity index (χ3v) is 5.55. The highest BCUT2D eigenvalue weighted by Gasteiger charge is 2.27. The Hall–Kier alpha value is -3.68. The van der Waals surface area contributed by atoms with Crippen molar-refractivity contribution in [2.75, 3.05) is 31.1 Å². The quantitative estimate of drug-likeness (QED) is 0.576. The van der Waals surface area contributed by atoms with Gasteiger partial charge < -0.3 is 14.5 Å². The lowest BCUT2D eigenvalue weighted by Gasteiger charge is -2.37. The molecule has 3 heterocycles. The van der Waals surface area contributed by atoms with Gasteiger partial charge in [0.25, 0.3) is 5.91 Å². The van der Waals surface area contributed by atoms with Crippen molar-refractivity contribution in [1.29, 1.82) is 0 Å². The second-order valence-electron chi connectivity index (χ2n) is 7.94. The van der Waals surface area contributed by atoms with Crippen molar-refractivity contribution >= 4 is 17.6 Å². The molecule has 1 unspecified atom stereocenters. The minimum atomic E-state index is -0.860. The second kappa shape index (κ2) is 9.21. The number of aromatic nitrogens is 3. The van der Waals surface area contributed by atoms with Gasteiger partial charge in [0, 0.05) is 43.8 Å². The molecule has 1 atom stereocenters. The van der Waals surface area contributed by atoms with Gasteiger partial charge in [0.05, 0.1) is 11.3 Å². The summed E-state index contributed by atoms with van der Waals surface area (Å²) in [7, 11) is 0. The summed E-state index contributed by atoms with van der Waals surface area (Å²) >= 11 is 0. The summed E-state index contributed by atoms with van der Waals surface area (Å²) in [5, 5.41) is 4.39. The van der Waals surface area contributed by atoms with E-state index in [0.29, 0.717) is 24.5 Å². The maximum absolute atomic E-state index is 12.8. The summed E-state index contributed by atoms with van der Waals surface area (Å²) in [6.07, 6.45) is 0.589. The van der Waals surface area contributed by atoms with E-state index in [-0.39, 0.29) is 5.91 Å². The van der Waals surface area contributed by atoms with E-state index in [1.165, 1.54) is 6.20 Å². The molecule has 166 valence electrons. The molecular formula is C24H27N5O3. The zero-order chi connectivity index (χ0) is 22.7. The van der Waals surface area contributed by atoms with Crippen LogP contribution in [0.4, 0.5) is 5.69 Å². The number of para-hydroxylation sites is 1. The van der Waals surface area contributed by atoms with Gasteiger partial charge in [0.1, 0.15) is 0 Å². The fraction of sp³-hybridized carbons (Fsp3) is 0.333. The van der Waals surface area contributed by atoms with Crippen molar-refractivity contribution in [3.05, 3.63) is 71.7 Å². The van der Waals surface area contributed by atoms with Gasteiger partial charge in [-0.05, 0) is 51.1 Å². The third kappa shape index (κ3) is 4.64. The standard InChI is InChI=1S/C24H27N5O3/c1-17-15-18(2)29(26-17)22-10-9-20(16-25-22)24(31)32-19(3)23(30)28-13-11-27(12-14-28)21-7-5-4-6-8-21/h4-10,15-16,19H,11-14H2,1-3H3. The number of carbonyl (C=O) groups is 2. The van der Waals surface area contributed by atoms with Crippen molar-refractivity contribution in [3.8, 4) is 5.82 Å². The Kier molecular flexibility index (Phi) is 6.20. The van der Waals surface area contributed by atoms with Crippen LogP contribution in [0.5, 0.6) is 0 Å². The molecule has 0 radical (unpaired) electrons. The molecule has 32 heavy (non-hydrogen) atoms. The van der Waals surface area contributed by atoms with Gasteiger partial charge in [-0.15, -0.1) is 0 Å². The van der Waals surface area contributed by atoms with E-state index in [0.717, 1.165) is 30.2 Å². The SMILES string of the molecule is Cc1cc(C)n(-c2ccc(C(=O)OC(C)C(=O)N3CCN(c4ccccc4)CC3)cn2)n1. The monoisotopic (exact) mass is 433 g/mol. The number of ether oxygens (including phenoxy) is 1. The van der Waals surface area contributed by atoms with Crippen molar-refractivity contribution in [2.45, 2.75) is 26.9 Å². The molecule has 0 spiro atoms. The van der Waals surface area contributed by atoms with E-state index in [1.54, 1.807) is 28.6 Å². The van der Waals surface area contributed by atoms with Crippen molar-refractivity contribution in [3.63, 3.8) is 0 Å². The highest BCUT2D eigenvalue weighted by atomic mass is 16.5. The summed E-state index contributed by atoms with van der Waals surface area (Å²) in [6, 6.07) is 15.4. The van der Waals surface area contributed by atoms with E-state index in [1.807, 2.05) is 38.1 Å². The van der Waals surface area contributed by atoms with Gasteiger partial charge in [-0.2, -0.15) is 5.10 Å². The molecule has 0 bridgehead atoms. The van der Waals surface area contributed by atoms with Gasteiger partial charge >= 0.3 is 5.97 Å². The van der Waals surface area contributed by atoms with Gasteiger partial charge in [-0.3, -0.25) is 4.79 Å². The number of amides is 1. The van der Waals surface area contributed by atoms with Crippen LogP contribution < -0.4 is 4.90 Å². The predicted molar refractivity (Wildman–Crippen MR) is 121 cm³/mol. The Labute approximate surface area is 187 Å². The largest absolute Gasteiger partial charge is 0.449 e. The lowest BCUT2D eigenvalue weighted by atomic mass is 10.2. The molecule has 0 N–H and O–H groups in total. The van der Waals surface area contributed by atoms with Crippen molar-refractivity contribution < 1.29 is 14.3 Å². The van der Waals surface area contributed by atoms with Crippen molar-refractivity contribution in [2.24, 2.45) is 0 Å². The number of esters is 1. The first-order chi connectivity index (χ1) is 15.4. The number of benzene rings is 1. The van der Waals surface area contributed by atoms with Gasteiger partial charge in [0.2, 0.25) is 0 Å². The minimum Gasteiger partial charge on any atom is -0.449 e. The Balaban J connectivity index is 1.32. The number of hydrogen-bond donors (Lipinski definition) is 0. The molecule has 2 aromatic heterocycles. The first kappa shape index (κ1) is 21.5. The predicted octanol–water partition coefficient (Wildman–Crippen LogP) is 2.78.